The van der Waals surface area contributed by atoms with Crippen LogP contribution in [0.2, 0.25) is 5.02 Å². The minimum absolute atomic E-state index is 0.0599. The first-order valence-electron chi connectivity index (χ1n) is 4.68. The van der Waals surface area contributed by atoms with Crippen LogP contribution >= 0.6 is 11.6 Å². The molecule has 0 saturated carbocycles. The molecule has 5 nitrogen and oxygen atoms in total. The number of hydrogen-bond acceptors (Lipinski definition) is 3. The number of halogens is 1. The zero-order chi connectivity index (χ0) is 11.7. The molecule has 1 heterocycles. The summed E-state index contributed by atoms with van der Waals surface area (Å²) < 4.78 is 0. The second-order valence-corrected chi connectivity index (χ2v) is 3.84. The Balaban J connectivity index is 2.57. The first-order valence-corrected chi connectivity index (χ1v) is 5.06. The van der Waals surface area contributed by atoms with Gasteiger partial charge in [-0.1, -0.05) is 11.6 Å². The fourth-order valence-electron chi connectivity index (χ4n) is 1.58. The van der Waals surface area contributed by atoms with Crippen molar-refractivity contribution in [1.82, 2.24) is 0 Å². The summed E-state index contributed by atoms with van der Waals surface area (Å²) >= 11 is 5.78. The molecule has 1 amide bonds. The quantitative estimate of drug-likeness (QED) is 0.699. The molecule has 1 aliphatic rings. The molecule has 6 heteroatoms. The van der Waals surface area contributed by atoms with E-state index >= 15 is 0 Å². The Morgan fingerprint density at radius 3 is 2.88 bits per heavy atom. The third kappa shape index (κ3) is 1.94. The van der Waals surface area contributed by atoms with E-state index < -0.39 is 5.97 Å². The zero-order valence-corrected chi connectivity index (χ0v) is 8.97. The number of carboxylic acid groups (broad SMARTS) is 1. The van der Waals surface area contributed by atoms with Crippen LogP contribution in [0.5, 0.6) is 0 Å². The number of hydrogen-bond donors (Lipinski definition) is 3. The van der Waals surface area contributed by atoms with Gasteiger partial charge in [-0.15, -0.1) is 0 Å². The number of carboxylic acids is 1. The number of amides is 1. The molecular weight excluding hydrogens is 232 g/mol. The maximum Gasteiger partial charge on any atom is 0.337 e. The molecule has 0 unspecified atom stereocenters. The Morgan fingerprint density at radius 1 is 1.44 bits per heavy atom. The van der Waals surface area contributed by atoms with Crippen molar-refractivity contribution in [2.24, 2.45) is 0 Å². The monoisotopic (exact) mass is 240 g/mol. The summed E-state index contributed by atoms with van der Waals surface area (Å²) in [6.07, 6.45) is 0.297. The van der Waals surface area contributed by atoms with Gasteiger partial charge in [-0.25, -0.2) is 4.79 Å². The second kappa shape index (κ2) is 4.02. The summed E-state index contributed by atoms with van der Waals surface area (Å²) in [5.41, 5.74) is 0.875. The summed E-state index contributed by atoms with van der Waals surface area (Å²) in [7, 11) is 0. The highest BCUT2D eigenvalue weighted by atomic mass is 35.5. The van der Waals surface area contributed by atoms with E-state index in [9.17, 15) is 9.59 Å². The first kappa shape index (κ1) is 10.8. The maximum atomic E-state index is 11.3. The van der Waals surface area contributed by atoms with Crippen LogP contribution in [0.3, 0.4) is 0 Å². The maximum absolute atomic E-state index is 11.3. The number of fused-ring (bicyclic) bond motifs is 1. The molecule has 0 aliphatic carbocycles. The topological polar surface area (TPSA) is 78.4 Å². The fourth-order valence-corrected chi connectivity index (χ4v) is 1.80. The first-order chi connectivity index (χ1) is 7.58. The van der Waals surface area contributed by atoms with E-state index in [4.69, 9.17) is 16.7 Å². The van der Waals surface area contributed by atoms with Gasteiger partial charge in [0.2, 0.25) is 5.91 Å². The van der Waals surface area contributed by atoms with Crippen LogP contribution in [0.4, 0.5) is 11.4 Å². The van der Waals surface area contributed by atoms with Crippen molar-refractivity contribution < 1.29 is 14.7 Å². The van der Waals surface area contributed by atoms with Gasteiger partial charge in [0.15, 0.2) is 0 Å². The Kier molecular flexibility index (Phi) is 2.70. The molecule has 1 aromatic rings. The Labute approximate surface area is 96.4 Å². The van der Waals surface area contributed by atoms with Crippen LogP contribution in [0.25, 0.3) is 0 Å². The van der Waals surface area contributed by atoms with E-state index in [0.717, 1.165) is 0 Å². The van der Waals surface area contributed by atoms with E-state index in [2.05, 4.69) is 10.6 Å². The van der Waals surface area contributed by atoms with Crippen molar-refractivity contribution in [2.45, 2.75) is 6.42 Å². The molecule has 84 valence electrons. The molecule has 0 atom stereocenters. The SMILES string of the molecule is O=C1CCNc2c(cc(Cl)cc2C(=O)O)N1. The van der Waals surface area contributed by atoms with Crippen LogP contribution in [0.1, 0.15) is 16.8 Å². The highest BCUT2D eigenvalue weighted by Gasteiger charge is 2.19. The molecule has 2 rings (SSSR count). The Hall–Kier alpha value is -1.75. The molecule has 0 spiro atoms. The summed E-state index contributed by atoms with van der Waals surface area (Å²) in [5, 5.41) is 14.8. The van der Waals surface area contributed by atoms with Crippen LogP contribution in [-0.2, 0) is 4.79 Å². The smallest absolute Gasteiger partial charge is 0.337 e. The molecule has 0 saturated heterocycles. The molecule has 16 heavy (non-hydrogen) atoms. The molecule has 0 bridgehead atoms. The number of rotatable bonds is 1. The summed E-state index contributed by atoms with van der Waals surface area (Å²) in [4.78, 5) is 22.3. The van der Waals surface area contributed by atoms with Gasteiger partial charge in [-0.2, -0.15) is 0 Å². The second-order valence-electron chi connectivity index (χ2n) is 3.41. The van der Waals surface area contributed by atoms with Crippen molar-refractivity contribution in [3.63, 3.8) is 0 Å². The van der Waals surface area contributed by atoms with E-state index in [-0.39, 0.29) is 16.5 Å². The van der Waals surface area contributed by atoms with Crippen LogP contribution in [0, 0.1) is 0 Å². The van der Waals surface area contributed by atoms with Crippen molar-refractivity contribution >= 4 is 34.9 Å². The average Bonchev–Trinajstić information content (AvgIpc) is 2.37. The van der Waals surface area contributed by atoms with Crippen LogP contribution in [0.15, 0.2) is 12.1 Å². The standard InChI is InChI=1S/C10H9ClN2O3/c11-5-3-6(10(15)16)9-7(4-5)13-8(14)1-2-12-9/h3-4,12H,1-2H2,(H,13,14)(H,15,16). The highest BCUT2D eigenvalue weighted by molar-refractivity contribution is 6.31. The fraction of sp³-hybridized carbons (Fsp3) is 0.200. The van der Waals surface area contributed by atoms with Gasteiger partial charge in [-0.3, -0.25) is 4.79 Å². The largest absolute Gasteiger partial charge is 0.478 e. The van der Waals surface area contributed by atoms with Crippen molar-refractivity contribution in [1.29, 1.82) is 0 Å². The van der Waals surface area contributed by atoms with Crippen molar-refractivity contribution in [2.75, 3.05) is 17.2 Å². The van der Waals surface area contributed by atoms with E-state index in [0.29, 0.717) is 24.3 Å². The molecule has 1 aliphatic heterocycles. The van der Waals surface area contributed by atoms with Gasteiger partial charge >= 0.3 is 5.97 Å². The summed E-state index contributed by atoms with van der Waals surface area (Å²) in [6, 6.07) is 2.88. The predicted molar refractivity (Wildman–Crippen MR) is 60.1 cm³/mol. The number of carbonyl (C=O) groups is 2. The van der Waals surface area contributed by atoms with Gasteiger partial charge in [-0.05, 0) is 12.1 Å². The van der Waals surface area contributed by atoms with E-state index in [1.165, 1.54) is 12.1 Å². The van der Waals surface area contributed by atoms with Gasteiger partial charge in [0.1, 0.15) is 0 Å². The zero-order valence-electron chi connectivity index (χ0n) is 8.21. The molecule has 0 radical (unpaired) electrons. The number of aromatic carboxylic acids is 1. The minimum Gasteiger partial charge on any atom is -0.478 e. The Morgan fingerprint density at radius 2 is 2.19 bits per heavy atom. The normalized spacial score (nSPS) is 14.4. The van der Waals surface area contributed by atoms with Gasteiger partial charge in [0, 0.05) is 18.0 Å². The van der Waals surface area contributed by atoms with Gasteiger partial charge in [0.05, 0.1) is 16.9 Å². The molecule has 0 aromatic heterocycles. The van der Waals surface area contributed by atoms with Crippen molar-refractivity contribution in [3.8, 4) is 0 Å². The molecule has 3 N–H and O–H groups in total. The lowest BCUT2D eigenvalue weighted by atomic mass is 10.1. The summed E-state index contributed by atoms with van der Waals surface area (Å²) in [5.74, 6) is -1.24. The van der Waals surface area contributed by atoms with E-state index in [1.807, 2.05) is 0 Å². The van der Waals surface area contributed by atoms with Crippen LogP contribution in [-0.4, -0.2) is 23.5 Å². The number of anilines is 2. The molecular formula is C10H9ClN2O3. The van der Waals surface area contributed by atoms with E-state index in [1.54, 1.807) is 0 Å². The lowest BCUT2D eigenvalue weighted by molar-refractivity contribution is -0.115. The Bertz CT molecular complexity index is 473. The molecule has 0 fully saturated rings. The third-order valence-electron chi connectivity index (χ3n) is 2.26. The number of benzene rings is 1. The lowest BCUT2D eigenvalue weighted by Gasteiger charge is -2.11. The highest BCUT2D eigenvalue weighted by Crippen LogP contribution is 2.32. The van der Waals surface area contributed by atoms with Crippen LogP contribution < -0.4 is 10.6 Å². The van der Waals surface area contributed by atoms with Crippen molar-refractivity contribution in [3.05, 3.63) is 22.7 Å². The molecule has 1 aromatic carbocycles. The van der Waals surface area contributed by atoms with Gasteiger partial charge in [0.25, 0.3) is 0 Å². The third-order valence-corrected chi connectivity index (χ3v) is 2.48. The number of carbonyl (C=O) groups excluding carboxylic acids is 1. The minimum atomic E-state index is -1.08. The number of nitrogens with one attached hydrogen (secondary N) is 2. The predicted octanol–water partition coefficient (Wildman–Crippen LogP) is 1.79. The average molecular weight is 241 g/mol. The van der Waals surface area contributed by atoms with Gasteiger partial charge < -0.3 is 15.7 Å². The summed E-state index contributed by atoms with van der Waals surface area (Å²) in [6.45, 7) is 0.404. The lowest BCUT2D eigenvalue weighted by Crippen LogP contribution is -2.10.